The molecule has 88 valence electrons. The van der Waals surface area contributed by atoms with Crippen molar-refractivity contribution in [3.05, 3.63) is 35.4 Å². The zero-order valence-electron chi connectivity index (χ0n) is 9.55. The lowest BCUT2D eigenvalue weighted by atomic mass is 10.2. The summed E-state index contributed by atoms with van der Waals surface area (Å²) in [4.78, 5) is 0. The number of halogens is 1. The number of rotatable bonds is 6. The van der Waals surface area contributed by atoms with Gasteiger partial charge in [-0.15, -0.1) is 6.58 Å². The summed E-state index contributed by atoms with van der Waals surface area (Å²) in [7, 11) is 3.19. The van der Waals surface area contributed by atoms with Crippen LogP contribution < -0.4 is 14.8 Å². The highest BCUT2D eigenvalue weighted by Crippen LogP contribution is 2.32. The van der Waals surface area contributed by atoms with E-state index in [0.29, 0.717) is 23.1 Å². The molecule has 0 bridgehead atoms. The van der Waals surface area contributed by atoms with Gasteiger partial charge in [0.1, 0.15) is 0 Å². The van der Waals surface area contributed by atoms with Gasteiger partial charge in [-0.25, -0.2) is 0 Å². The van der Waals surface area contributed by atoms with E-state index in [2.05, 4.69) is 11.9 Å². The summed E-state index contributed by atoms with van der Waals surface area (Å²) < 4.78 is 10.4. The second-order valence-electron chi connectivity index (χ2n) is 3.22. The predicted octanol–water partition coefficient (Wildman–Crippen LogP) is 2.63. The quantitative estimate of drug-likeness (QED) is 0.614. The highest BCUT2D eigenvalue weighted by atomic mass is 35.5. The van der Waals surface area contributed by atoms with Crippen LogP contribution in [0.25, 0.3) is 0 Å². The maximum absolute atomic E-state index is 6.11. The lowest BCUT2D eigenvalue weighted by Gasteiger charge is -2.11. The Morgan fingerprint density at radius 1 is 1.31 bits per heavy atom. The van der Waals surface area contributed by atoms with E-state index in [9.17, 15) is 0 Å². The third-order valence-electron chi connectivity index (χ3n) is 2.16. The van der Waals surface area contributed by atoms with Crippen molar-refractivity contribution in [1.29, 1.82) is 0 Å². The minimum absolute atomic E-state index is 0.639. The minimum atomic E-state index is 0.639. The van der Waals surface area contributed by atoms with Gasteiger partial charge in [0.2, 0.25) is 0 Å². The van der Waals surface area contributed by atoms with Crippen LogP contribution in [0.2, 0.25) is 5.02 Å². The summed E-state index contributed by atoms with van der Waals surface area (Å²) in [5.41, 5.74) is 0.973. The number of methoxy groups -OCH3 is 2. The van der Waals surface area contributed by atoms with E-state index in [0.717, 1.165) is 12.1 Å². The second-order valence-corrected chi connectivity index (χ2v) is 3.63. The average Bonchev–Trinajstić information content (AvgIpc) is 2.31. The van der Waals surface area contributed by atoms with Gasteiger partial charge >= 0.3 is 0 Å². The molecule has 0 aliphatic heterocycles. The largest absolute Gasteiger partial charge is 0.493 e. The molecule has 0 amide bonds. The summed E-state index contributed by atoms with van der Waals surface area (Å²) in [6.07, 6.45) is 1.80. The number of nitrogens with one attached hydrogen (secondary N) is 1. The topological polar surface area (TPSA) is 30.5 Å². The molecule has 1 aromatic rings. The zero-order chi connectivity index (χ0) is 12.0. The molecule has 0 radical (unpaired) electrons. The summed E-state index contributed by atoms with van der Waals surface area (Å²) in [6, 6.07) is 3.63. The van der Waals surface area contributed by atoms with Crippen LogP contribution in [0.4, 0.5) is 0 Å². The van der Waals surface area contributed by atoms with Crippen molar-refractivity contribution in [2.75, 3.05) is 20.8 Å². The molecule has 0 aliphatic rings. The van der Waals surface area contributed by atoms with Crippen molar-refractivity contribution in [1.82, 2.24) is 5.32 Å². The van der Waals surface area contributed by atoms with Crippen LogP contribution in [-0.4, -0.2) is 20.8 Å². The third kappa shape index (κ3) is 3.15. The van der Waals surface area contributed by atoms with Crippen molar-refractivity contribution in [3.8, 4) is 11.5 Å². The van der Waals surface area contributed by atoms with Gasteiger partial charge in [-0.2, -0.15) is 0 Å². The smallest absolute Gasteiger partial charge is 0.162 e. The molecule has 0 saturated carbocycles. The first-order valence-electron chi connectivity index (χ1n) is 4.95. The molecular formula is C12H16ClNO2. The Morgan fingerprint density at radius 2 is 1.94 bits per heavy atom. The SMILES string of the molecule is C=CCNCc1cc(OC)c(OC)cc1Cl. The van der Waals surface area contributed by atoms with E-state index in [1.54, 1.807) is 26.4 Å². The highest BCUT2D eigenvalue weighted by molar-refractivity contribution is 6.31. The van der Waals surface area contributed by atoms with Crippen LogP contribution in [0.15, 0.2) is 24.8 Å². The molecule has 0 fully saturated rings. The zero-order valence-corrected chi connectivity index (χ0v) is 10.3. The maximum atomic E-state index is 6.11. The first-order chi connectivity index (χ1) is 7.72. The van der Waals surface area contributed by atoms with E-state index in [-0.39, 0.29) is 0 Å². The van der Waals surface area contributed by atoms with Gasteiger partial charge in [0.15, 0.2) is 11.5 Å². The molecule has 0 saturated heterocycles. The van der Waals surface area contributed by atoms with Gasteiger partial charge in [-0.05, 0) is 11.6 Å². The van der Waals surface area contributed by atoms with Gasteiger partial charge < -0.3 is 14.8 Å². The van der Waals surface area contributed by atoms with Crippen LogP contribution in [0.5, 0.6) is 11.5 Å². The molecule has 3 nitrogen and oxygen atoms in total. The van der Waals surface area contributed by atoms with Crippen LogP contribution in [0, 0.1) is 0 Å². The van der Waals surface area contributed by atoms with Crippen LogP contribution in [0.3, 0.4) is 0 Å². The number of ether oxygens (including phenoxy) is 2. The van der Waals surface area contributed by atoms with Crippen LogP contribution in [-0.2, 0) is 6.54 Å². The maximum Gasteiger partial charge on any atom is 0.162 e. The van der Waals surface area contributed by atoms with Crippen LogP contribution in [0.1, 0.15) is 5.56 Å². The van der Waals surface area contributed by atoms with E-state index in [1.165, 1.54) is 0 Å². The third-order valence-corrected chi connectivity index (χ3v) is 2.51. The number of hydrogen-bond acceptors (Lipinski definition) is 3. The first-order valence-corrected chi connectivity index (χ1v) is 5.32. The Morgan fingerprint density at radius 3 is 2.50 bits per heavy atom. The van der Waals surface area contributed by atoms with Crippen molar-refractivity contribution >= 4 is 11.6 Å². The Labute approximate surface area is 101 Å². The van der Waals surface area contributed by atoms with Crippen molar-refractivity contribution < 1.29 is 9.47 Å². The van der Waals surface area contributed by atoms with E-state index >= 15 is 0 Å². The molecule has 1 N–H and O–H groups in total. The summed E-state index contributed by atoms with van der Waals surface area (Å²) >= 11 is 6.11. The first kappa shape index (κ1) is 12.9. The summed E-state index contributed by atoms with van der Waals surface area (Å²) in [5.74, 6) is 1.32. The van der Waals surface area contributed by atoms with E-state index < -0.39 is 0 Å². The second kappa shape index (κ2) is 6.40. The molecular weight excluding hydrogens is 226 g/mol. The molecule has 16 heavy (non-hydrogen) atoms. The Kier molecular flexibility index (Phi) is 5.15. The standard InChI is InChI=1S/C12H16ClNO2/c1-4-5-14-8-9-6-11(15-2)12(16-3)7-10(9)13/h4,6-7,14H,1,5,8H2,2-3H3. The lowest BCUT2D eigenvalue weighted by Crippen LogP contribution is -2.13. The number of benzene rings is 1. The molecule has 4 heteroatoms. The number of hydrogen-bond donors (Lipinski definition) is 1. The monoisotopic (exact) mass is 241 g/mol. The molecule has 0 aromatic heterocycles. The normalized spacial score (nSPS) is 9.94. The summed E-state index contributed by atoms with van der Waals surface area (Å²) in [6.45, 7) is 5.05. The molecule has 1 aromatic carbocycles. The fourth-order valence-corrected chi connectivity index (χ4v) is 1.56. The Hall–Kier alpha value is -1.19. The highest BCUT2D eigenvalue weighted by Gasteiger charge is 2.09. The van der Waals surface area contributed by atoms with Crippen molar-refractivity contribution in [2.45, 2.75) is 6.54 Å². The van der Waals surface area contributed by atoms with Gasteiger partial charge in [-0.3, -0.25) is 0 Å². The summed E-state index contributed by atoms with van der Waals surface area (Å²) in [5, 5.41) is 3.84. The molecule has 0 spiro atoms. The van der Waals surface area contributed by atoms with Gasteiger partial charge in [0.25, 0.3) is 0 Å². The van der Waals surface area contributed by atoms with Crippen molar-refractivity contribution in [2.24, 2.45) is 0 Å². The van der Waals surface area contributed by atoms with Gasteiger partial charge in [0, 0.05) is 24.2 Å². The van der Waals surface area contributed by atoms with Crippen molar-refractivity contribution in [3.63, 3.8) is 0 Å². The fraction of sp³-hybridized carbons (Fsp3) is 0.333. The predicted molar refractivity (Wildman–Crippen MR) is 66.5 cm³/mol. The Balaban J connectivity index is 2.88. The molecule has 1 rings (SSSR count). The fourth-order valence-electron chi connectivity index (χ4n) is 1.34. The van der Waals surface area contributed by atoms with Crippen LogP contribution >= 0.6 is 11.6 Å². The molecule has 0 unspecified atom stereocenters. The van der Waals surface area contributed by atoms with Gasteiger partial charge in [-0.1, -0.05) is 17.7 Å². The average molecular weight is 242 g/mol. The molecule has 0 atom stereocenters. The Bertz CT molecular complexity index is 366. The molecule has 0 aliphatic carbocycles. The molecule has 0 heterocycles. The van der Waals surface area contributed by atoms with E-state index in [4.69, 9.17) is 21.1 Å². The van der Waals surface area contributed by atoms with Gasteiger partial charge in [0.05, 0.1) is 14.2 Å². The van der Waals surface area contributed by atoms with E-state index in [1.807, 2.05) is 6.07 Å². The lowest BCUT2D eigenvalue weighted by molar-refractivity contribution is 0.354. The minimum Gasteiger partial charge on any atom is -0.493 e.